The van der Waals surface area contributed by atoms with Gasteiger partial charge in [0.1, 0.15) is 5.82 Å². The minimum Gasteiger partial charge on any atom is -0.352 e. The van der Waals surface area contributed by atoms with Gasteiger partial charge in [-0.3, -0.25) is 9.79 Å². The molecule has 3 rings (SSSR count). The first kappa shape index (κ1) is 19.6. The number of nitrogens with one attached hydrogen (secondary N) is 2. The summed E-state index contributed by atoms with van der Waals surface area (Å²) in [6.45, 7) is 3.81. The van der Waals surface area contributed by atoms with Gasteiger partial charge in [-0.2, -0.15) is 0 Å². The summed E-state index contributed by atoms with van der Waals surface area (Å²) in [5.41, 5.74) is 1.52. The average molecular weight is 375 g/mol. The molecule has 1 aliphatic carbocycles. The summed E-state index contributed by atoms with van der Waals surface area (Å²) in [6.07, 6.45) is 6.65. The van der Waals surface area contributed by atoms with Crippen LogP contribution in [0, 0.1) is 18.7 Å². The number of guanidine groups is 1. The molecule has 1 aliphatic heterocycles. The van der Waals surface area contributed by atoms with Crippen molar-refractivity contribution in [3.8, 4) is 0 Å². The van der Waals surface area contributed by atoms with E-state index in [0.29, 0.717) is 24.0 Å². The van der Waals surface area contributed by atoms with Gasteiger partial charge >= 0.3 is 0 Å². The number of carbonyl (C=O) groups excluding carboxylic acids is 1. The van der Waals surface area contributed by atoms with E-state index in [4.69, 9.17) is 0 Å². The molecule has 2 aliphatic rings. The van der Waals surface area contributed by atoms with Crippen molar-refractivity contribution in [3.05, 3.63) is 35.1 Å². The van der Waals surface area contributed by atoms with Gasteiger partial charge in [-0.25, -0.2) is 4.39 Å². The van der Waals surface area contributed by atoms with Crippen molar-refractivity contribution < 1.29 is 9.18 Å². The van der Waals surface area contributed by atoms with E-state index in [0.717, 1.165) is 37.9 Å². The minimum absolute atomic E-state index is 0.190. The highest BCUT2D eigenvalue weighted by molar-refractivity contribution is 5.81. The van der Waals surface area contributed by atoms with E-state index in [2.05, 4.69) is 15.6 Å². The van der Waals surface area contributed by atoms with Gasteiger partial charge in [0.15, 0.2) is 5.96 Å². The molecule has 1 saturated heterocycles. The van der Waals surface area contributed by atoms with Crippen molar-refractivity contribution in [2.24, 2.45) is 10.9 Å². The van der Waals surface area contributed by atoms with Crippen molar-refractivity contribution in [2.45, 2.75) is 58.0 Å². The molecular formula is C21H31FN4O. The van der Waals surface area contributed by atoms with Crippen molar-refractivity contribution >= 4 is 11.9 Å². The van der Waals surface area contributed by atoms with Gasteiger partial charge in [-0.05, 0) is 43.4 Å². The maximum atomic E-state index is 13.7. The van der Waals surface area contributed by atoms with E-state index in [1.807, 2.05) is 11.0 Å². The van der Waals surface area contributed by atoms with Gasteiger partial charge < -0.3 is 15.5 Å². The molecule has 1 unspecified atom stereocenters. The number of aliphatic imine (C=N–C) groups is 1. The summed E-state index contributed by atoms with van der Waals surface area (Å²) in [6, 6.07) is 5.46. The molecule has 2 fully saturated rings. The lowest BCUT2D eigenvalue weighted by molar-refractivity contribution is -0.135. The minimum atomic E-state index is -0.190. The summed E-state index contributed by atoms with van der Waals surface area (Å²) < 4.78 is 13.7. The Labute approximate surface area is 161 Å². The Morgan fingerprint density at radius 2 is 2.04 bits per heavy atom. The van der Waals surface area contributed by atoms with Crippen LogP contribution < -0.4 is 10.6 Å². The Morgan fingerprint density at radius 3 is 2.74 bits per heavy atom. The highest BCUT2D eigenvalue weighted by Gasteiger charge is 2.31. The third-order valence-electron chi connectivity index (χ3n) is 5.71. The SMILES string of the molecule is CN=C(NCc1ccc(C)c(F)c1)NC1CCN(C(=O)C2CCCCC2)C1. The normalized spacial score (nSPS) is 21.4. The second-order valence-corrected chi connectivity index (χ2v) is 7.76. The number of amides is 1. The maximum Gasteiger partial charge on any atom is 0.225 e. The second-order valence-electron chi connectivity index (χ2n) is 7.76. The zero-order valence-electron chi connectivity index (χ0n) is 16.4. The molecule has 1 aromatic rings. The Morgan fingerprint density at radius 1 is 1.26 bits per heavy atom. The van der Waals surface area contributed by atoms with E-state index in [9.17, 15) is 9.18 Å². The fourth-order valence-electron chi connectivity index (χ4n) is 4.01. The largest absolute Gasteiger partial charge is 0.352 e. The molecule has 1 aromatic carbocycles. The van der Waals surface area contributed by atoms with Gasteiger partial charge in [-0.1, -0.05) is 31.4 Å². The molecule has 1 atom stereocenters. The topological polar surface area (TPSA) is 56.7 Å². The van der Waals surface area contributed by atoms with Gasteiger partial charge in [0.05, 0.1) is 0 Å². The van der Waals surface area contributed by atoms with Gasteiger partial charge in [0.2, 0.25) is 5.91 Å². The van der Waals surface area contributed by atoms with Crippen LogP contribution in [0.1, 0.15) is 49.7 Å². The Hall–Kier alpha value is -2.11. The first-order valence-corrected chi connectivity index (χ1v) is 10.1. The lowest BCUT2D eigenvalue weighted by atomic mass is 9.88. The van der Waals surface area contributed by atoms with Crippen LogP contribution >= 0.6 is 0 Å². The zero-order valence-corrected chi connectivity index (χ0v) is 16.4. The van der Waals surface area contributed by atoms with Gasteiger partial charge in [-0.15, -0.1) is 0 Å². The third kappa shape index (κ3) is 5.21. The summed E-state index contributed by atoms with van der Waals surface area (Å²) in [5, 5.41) is 6.64. The predicted molar refractivity (Wildman–Crippen MR) is 106 cm³/mol. The van der Waals surface area contributed by atoms with E-state index < -0.39 is 0 Å². The number of carbonyl (C=O) groups is 1. The van der Waals surface area contributed by atoms with Crippen LogP contribution in [0.5, 0.6) is 0 Å². The van der Waals surface area contributed by atoms with Crippen molar-refractivity contribution in [1.82, 2.24) is 15.5 Å². The molecule has 5 nitrogen and oxygen atoms in total. The summed E-state index contributed by atoms with van der Waals surface area (Å²) in [7, 11) is 1.73. The molecule has 0 bridgehead atoms. The Balaban J connectivity index is 1.47. The molecule has 27 heavy (non-hydrogen) atoms. The fraction of sp³-hybridized carbons (Fsp3) is 0.619. The van der Waals surface area contributed by atoms with Crippen LogP contribution in [-0.4, -0.2) is 42.9 Å². The lowest BCUT2D eigenvalue weighted by Gasteiger charge is -2.26. The number of likely N-dealkylation sites (tertiary alicyclic amines) is 1. The number of aryl methyl sites for hydroxylation is 1. The molecule has 1 amide bonds. The van der Waals surface area contributed by atoms with Crippen molar-refractivity contribution in [3.63, 3.8) is 0 Å². The van der Waals surface area contributed by atoms with Crippen LogP contribution in [0.3, 0.4) is 0 Å². The molecule has 0 spiro atoms. The van der Waals surface area contributed by atoms with Crippen LogP contribution in [0.2, 0.25) is 0 Å². The van der Waals surface area contributed by atoms with Crippen LogP contribution in [-0.2, 0) is 11.3 Å². The number of hydrogen-bond acceptors (Lipinski definition) is 2. The maximum absolute atomic E-state index is 13.7. The fourth-order valence-corrected chi connectivity index (χ4v) is 4.01. The van der Waals surface area contributed by atoms with Crippen LogP contribution in [0.25, 0.3) is 0 Å². The standard InChI is InChI=1S/C21H31FN4O/c1-15-8-9-16(12-19(15)22)13-24-21(23-2)25-18-10-11-26(14-18)20(27)17-6-4-3-5-7-17/h8-9,12,17-18H,3-7,10-11,13-14H2,1-2H3,(H2,23,24,25). The Bertz CT molecular complexity index is 685. The van der Waals surface area contributed by atoms with Gasteiger partial charge in [0.25, 0.3) is 0 Å². The first-order valence-electron chi connectivity index (χ1n) is 10.1. The monoisotopic (exact) mass is 374 g/mol. The number of benzene rings is 1. The highest BCUT2D eigenvalue weighted by Crippen LogP contribution is 2.26. The van der Waals surface area contributed by atoms with Crippen molar-refractivity contribution in [1.29, 1.82) is 0 Å². The molecule has 6 heteroatoms. The number of hydrogen-bond donors (Lipinski definition) is 2. The van der Waals surface area contributed by atoms with Crippen LogP contribution in [0.15, 0.2) is 23.2 Å². The van der Waals surface area contributed by atoms with E-state index in [1.165, 1.54) is 19.3 Å². The zero-order chi connectivity index (χ0) is 19.2. The number of nitrogens with zero attached hydrogens (tertiary/aromatic N) is 2. The van der Waals surface area contributed by atoms with Crippen molar-refractivity contribution in [2.75, 3.05) is 20.1 Å². The average Bonchev–Trinajstić information content (AvgIpc) is 3.16. The molecule has 1 saturated carbocycles. The molecular weight excluding hydrogens is 343 g/mol. The first-order chi connectivity index (χ1) is 13.1. The molecule has 0 radical (unpaired) electrons. The van der Waals surface area contributed by atoms with E-state index >= 15 is 0 Å². The molecule has 0 aromatic heterocycles. The summed E-state index contributed by atoms with van der Waals surface area (Å²) >= 11 is 0. The molecule has 2 N–H and O–H groups in total. The molecule has 1 heterocycles. The lowest BCUT2D eigenvalue weighted by Crippen LogP contribution is -2.45. The van der Waals surface area contributed by atoms with E-state index in [-0.39, 0.29) is 17.8 Å². The van der Waals surface area contributed by atoms with Crippen LogP contribution in [0.4, 0.5) is 4.39 Å². The quantitative estimate of drug-likeness (QED) is 0.629. The highest BCUT2D eigenvalue weighted by atomic mass is 19.1. The van der Waals surface area contributed by atoms with Gasteiger partial charge in [0, 0.05) is 38.6 Å². The predicted octanol–water partition coefficient (Wildman–Crippen LogP) is 2.98. The van der Waals surface area contributed by atoms with E-state index in [1.54, 1.807) is 26.1 Å². The second kappa shape index (κ2) is 9.20. The molecule has 148 valence electrons. The summed E-state index contributed by atoms with van der Waals surface area (Å²) in [5.74, 6) is 1.06. The third-order valence-corrected chi connectivity index (χ3v) is 5.71. The number of rotatable bonds is 4. The Kier molecular flexibility index (Phi) is 6.69. The smallest absolute Gasteiger partial charge is 0.225 e. The summed E-state index contributed by atoms with van der Waals surface area (Å²) in [4.78, 5) is 19.0. The number of halogens is 1.